The number of ketones is 1. The molecule has 0 fully saturated rings. The van der Waals surface area contributed by atoms with Gasteiger partial charge in [-0.25, -0.2) is 4.79 Å². The first-order valence-corrected chi connectivity index (χ1v) is 6.33. The molecule has 0 heterocycles. The van der Waals surface area contributed by atoms with E-state index >= 15 is 0 Å². The predicted molar refractivity (Wildman–Crippen MR) is 72.6 cm³/mol. The highest BCUT2D eigenvalue weighted by Gasteiger charge is 2.20. The lowest BCUT2D eigenvalue weighted by Crippen LogP contribution is -2.17. The van der Waals surface area contributed by atoms with E-state index in [9.17, 15) is 9.59 Å². The fourth-order valence-corrected chi connectivity index (χ4v) is 2.24. The zero-order chi connectivity index (χ0) is 13.1. The van der Waals surface area contributed by atoms with Gasteiger partial charge in [0.1, 0.15) is 0 Å². The van der Waals surface area contributed by atoms with Crippen LogP contribution in [0.2, 0.25) is 0 Å². The van der Waals surface area contributed by atoms with Crippen LogP contribution < -0.4 is 0 Å². The van der Waals surface area contributed by atoms with Crippen molar-refractivity contribution in [1.29, 1.82) is 0 Å². The van der Waals surface area contributed by atoms with Crippen molar-refractivity contribution in [2.75, 3.05) is 6.61 Å². The molecule has 0 atom stereocenters. The third kappa shape index (κ3) is 2.29. The molecule has 2 aromatic carbocycles. The molecule has 2 aromatic rings. The normalized spacial score (nSPS) is 10.3. The quantitative estimate of drug-likeness (QED) is 0.496. The minimum atomic E-state index is -0.815. The first kappa shape index (κ1) is 12.8. The maximum absolute atomic E-state index is 12.0. The molecule has 4 heteroatoms. The molecule has 18 heavy (non-hydrogen) atoms. The molecule has 0 aliphatic carbocycles. The second-order valence-corrected chi connectivity index (χ2v) is 4.54. The van der Waals surface area contributed by atoms with E-state index in [1.165, 1.54) is 0 Å². The molecule has 0 aliphatic rings. The molecule has 0 bridgehead atoms. The predicted octanol–water partition coefficient (Wildman–Crippen LogP) is 3.35. The molecule has 0 amide bonds. The van der Waals surface area contributed by atoms with E-state index in [2.05, 4.69) is 15.9 Å². The number of benzene rings is 2. The van der Waals surface area contributed by atoms with Crippen LogP contribution in [0, 0.1) is 0 Å². The van der Waals surface area contributed by atoms with Gasteiger partial charge in [0.05, 0.1) is 6.61 Å². The van der Waals surface area contributed by atoms with E-state index in [4.69, 9.17) is 4.74 Å². The number of halogens is 1. The van der Waals surface area contributed by atoms with Gasteiger partial charge in [0.15, 0.2) is 0 Å². The summed E-state index contributed by atoms with van der Waals surface area (Å²) < 4.78 is 5.62. The first-order valence-electron chi connectivity index (χ1n) is 5.54. The zero-order valence-electron chi connectivity index (χ0n) is 9.77. The third-order valence-corrected chi connectivity index (χ3v) is 3.27. The van der Waals surface area contributed by atoms with E-state index in [0.717, 1.165) is 15.2 Å². The Hall–Kier alpha value is -1.68. The van der Waals surface area contributed by atoms with E-state index in [1.807, 2.05) is 24.3 Å². The summed E-state index contributed by atoms with van der Waals surface area (Å²) in [6, 6.07) is 10.8. The number of esters is 1. The van der Waals surface area contributed by atoms with Crippen LogP contribution >= 0.6 is 15.9 Å². The van der Waals surface area contributed by atoms with Crippen molar-refractivity contribution in [3.8, 4) is 0 Å². The Labute approximate surface area is 113 Å². The van der Waals surface area contributed by atoms with E-state index in [1.54, 1.807) is 19.1 Å². The lowest BCUT2D eigenvalue weighted by molar-refractivity contribution is -0.137. The molecule has 2 rings (SSSR count). The zero-order valence-corrected chi connectivity index (χ0v) is 11.4. The van der Waals surface area contributed by atoms with E-state index in [0.29, 0.717) is 5.56 Å². The largest absolute Gasteiger partial charge is 0.460 e. The fourth-order valence-electron chi connectivity index (χ4n) is 1.77. The maximum atomic E-state index is 12.0. The third-order valence-electron chi connectivity index (χ3n) is 2.58. The van der Waals surface area contributed by atoms with Gasteiger partial charge < -0.3 is 4.74 Å². The van der Waals surface area contributed by atoms with Crippen LogP contribution in [0.4, 0.5) is 0 Å². The SMILES string of the molecule is CCOC(=O)C(=O)c1ccc(Br)c2ccccc12. The Morgan fingerprint density at radius 2 is 1.78 bits per heavy atom. The molecule has 0 N–H and O–H groups in total. The molecule has 0 unspecified atom stereocenters. The average Bonchev–Trinajstić information content (AvgIpc) is 2.39. The summed E-state index contributed by atoms with van der Waals surface area (Å²) >= 11 is 3.42. The smallest absolute Gasteiger partial charge is 0.379 e. The van der Waals surface area contributed by atoms with Gasteiger partial charge in [0.2, 0.25) is 0 Å². The monoisotopic (exact) mass is 306 g/mol. The highest BCUT2D eigenvalue weighted by molar-refractivity contribution is 9.10. The van der Waals surface area contributed by atoms with Gasteiger partial charge in [-0.1, -0.05) is 40.2 Å². The van der Waals surface area contributed by atoms with Crippen molar-refractivity contribution >= 4 is 38.5 Å². The number of carbonyl (C=O) groups excluding carboxylic acids is 2. The lowest BCUT2D eigenvalue weighted by atomic mass is 10.0. The van der Waals surface area contributed by atoms with Gasteiger partial charge in [-0.3, -0.25) is 4.79 Å². The number of ether oxygens (including phenoxy) is 1. The Morgan fingerprint density at radius 3 is 2.44 bits per heavy atom. The van der Waals surface area contributed by atoms with Crippen LogP contribution in [0.1, 0.15) is 17.3 Å². The number of Topliss-reactive ketones (excluding diaryl/α,β-unsaturated/α-hetero) is 1. The number of rotatable bonds is 3. The van der Waals surface area contributed by atoms with Crippen LogP contribution in [0.25, 0.3) is 10.8 Å². The van der Waals surface area contributed by atoms with E-state index < -0.39 is 11.8 Å². The summed E-state index contributed by atoms with van der Waals surface area (Å²) in [5.41, 5.74) is 0.368. The van der Waals surface area contributed by atoms with Gasteiger partial charge in [0, 0.05) is 10.0 Å². The van der Waals surface area contributed by atoms with Crippen molar-refractivity contribution in [2.24, 2.45) is 0 Å². The Bertz CT molecular complexity index is 619. The summed E-state index contributed by atoms with van der Waals surface area (Å²) in [5, 5.41) is 1.64. The van der Waals surface area contributed by atoms with Gasteiger partial charge >= 0.3 is 5.97 Å². The molecule has 92 valence electrons. The fraction of sp³-hybridized carbons (Fsp3) is 0.143. The standard InChI is InChI=1S/C14H11BrO3/c1-2-18-14(17)13(16)11-7-8-12(15)10-6-4-3-5-9(10)11/h3-8H,2H2,1H3. The topological polar surface area (TPSA) is 43.4 Å². The van der Waals surface area contributed by atoms with Crippen LogP contribution in [0.5, 0.6) is 0 Å². The molecule has 0 saturated carbocycles. The number of fused-ring (bicyclic) bond motifs is 1. The highest BCUT2D eigenvalue weighted by atomic mass is 79.9. The minimum absolute atomic E-state index is 0.193. The van der Waals surface area contributed by atoms with Gasteiger partial charge in [-0.2, -0.15) is 0 Å². The molecular weight excluding hydrogens is 296 g/mol. The van der Waals surface area contributed by atoms with Crippen LogP contribution in [-0.4, -0.2) is 18.4 Å². The Balaban J connectivity index is 2.55. The number of carbonyl (C=O) groups is 2. The van der Waals surface area contributed by atoms with Gasteiger partial charge in [-0.15, -0.1) is 0 Å². The van der Waals surface area contributed by atoms with Crippen LogP contribution in [-0.2, 0) is 9.53 Å². The Morgan fingerprint density at radius 1 is 1.11 bits per heavy atom. The summed E-state index contributed by atoms with van der Waals surface area (Å²) in [5.74, 6) is -1.43. The van der Waals surface area contributed by atoms with Crippen LogP contribution in [0.15, 0.2) is 40.9 Å². The summed E-state index contributed by atoms with van der Waals surface area (Å²) in [4.78, 5) is 23.5. The molecular formula is C14H11BrO3. The maximum Gasteiger partial charge on any atom is 0.379 e. The van der Waals surface area contributed by atoms with Crippen molar-refractivity contribution in [3.05, 3.63) is 46.4 Å². The molecule has 0 radical (unpaired) electrons. The van der Waals surface area contributed by atoms with Gasteiger partial charge in [0.25, 0.3) is 5.78 Å². The summed E-state index contributed by atoms with van der Waals surface area (Å²) in [7, 11) is 0. The highest BCUT2D eigenvalue weighted by Crippen LogP contribution is 2.27. The van der Waals surface area contributed by atoms with Crippen molar-refractivity contribution in [3.63, 3.8) is 0 Å². The minimum Gasteiger partial charge on any atom is -0.460 e. The number of hydrogen-bond acceptors (Lipinski definition) is 3. The summed E-state index contributed by atoms with van der Waals surface area (Å²) in [6.07, 6.45) is 0. The van der Waals surface area contributed by atoms with E-state index in [-0.39, 0.29) is 6.61 Å². The molecule has 0 spiro atoms. The van der Waals surface area contributed by atoms with Crippen molar-refractivity contribution in [2.45, 2.75) is 6.92 Å². The molecule has 3 nitrogen and oxygen atoms in total. The van der Waals surface area contributed by atoms with Crippen molar-refractivity contribution in [1.82, 2.24) is 0 Å². The molecule has 0 aromatic heterocycles. The average molecular weight is 307 g/mol. The summed E-state index contributed by atoms with van der Waals surface area (Å²) in [6.45, 7) is 1.86. The second-order valence-electron chi connectivity index (χ2n) is 3.69. The lowest BCUT2D eigenvalue weighted by Gasteiger charge is -2.06. The van der Waals surface area contributed by atoms with Gasteiger partial charge in [-0.05, 0) is 29.8 Å². The molecule has 0 saturated heterocycles. The second kappa shape index (κ2) is 5.31. The number of hydrogen-bond donors (Lipinski definition) is 0. The molecule has 0 aliphatic heterocycles. The Kier molecular flexibility index (Phi) is 3.77. The first-order chi connectivity index (χ1) is 8.65. The van der Waals surface area contributed by atoms with Crippen LogP contribution in [0.3, 0.4) is 0 Å². The van der Waals surface area contributed by atoms with Crippen molar-refractivity contribution < 1.29 is 14.3 Å².